The summed E-state index contributed by atoms with van der Waals surface area (Å²) < 4.78 is 11.5. The van der Waals surface area contributed by atoms with Crippen LogP contribution in [0.4, 0.5) is 0 Å². The fourth-order valence-electron chi connectivity index (χ4n) is 4.79. The minimum atomic E-state index is -1.06. The Balaban J connectivity index is 1.75. The molecule has 148 valence electrons. The third kappa shape index (κ3) is 2.78. The van der Waals surface area contributed by atoms with Crippen LogP contribution in [0, 0.1) is 17.3 Å². The molecular weight excluding hydrogens is 356 g/mol. The van der Waals surface area contributed by atoms with E-state index in [0.717, 1.165) is 12.0 Å². The van der Waals surface area contributed by atoms with Crippen LogP contribution >= 0.6 is 0 Å². The van der Waals surface area contributed by atoms with E-state index in [2.05, 4.69) is 12.1 Å². The maximum atomic E-state index is 13.5. The van der Waals surface area contributed by atoms with E-state index < -0.39 is 5.41 Å². The molecule has 2 aliphatic carbocycles. The average molecular weight is 382 g/mol. The van der Waals surface area contributed by atoms with Crippen molar-refractivity contribution in [1.29, 1.82) is 0 Å². The normalized spacial score (nSPS) is 29.5. The van der Waals surface area contributed by atoms with E-state index in [1.165, 1.54) is 0 Å². The molecule has 0 radical (unpaired) electrons. The van der Waals surface area contributed by atoms with E-state index in [-0.39, 0.29) is 41.9 Å². The number of fused-ring (bicyclic) bond motifs is 2. The minimum absolute atomic E-state index is 0.00830. The summed E-state index contributed by atoms with van der Waals surface area (Å²) in [4.78, 5) is 28.6. The molecule has 4 rings (SSSR count). The fourth-order valence-corrected chi connectivity index (χ4v) is 4.79. The van der Waals surface area contributed by atoms with Gasteiger partial charge in [0.25, 0.3) is 5.88 Å². The highest BCUT2D eigenvalue weighted by Crippen LogP contribution is 2.55. The third-order valence-electron chi connectivity index (χ3n) is 6.32. The monoisotopic (exact) mass is 382 g/mol. The molecule has 0 saturated heterocycles. The second-order valence-electron chi connectivity index (χ2n) is 8.52. The Morgan fingerprint density at radius 3 is 2.64 bits per heavy atom. The number of carbonyl (C=O) groups excluding carboxylic acids is 2. The van der Waals surface area contributed by atoms with Crippen LogP contribution in [-0.4, -0.2) is 35.7 Å². The molecule has 4 unspecified atom stereocenters. The van der Waals surface area contributed by atoms with Gasteiger partial charge in [0.1, 0.15) is 18.0 Å². The summed E-state index contributed by atoms with van der Waals surface area (Å²) in [5, 5.41) is 4.07. The highest BCUT2D eigenvalue weighted by Gasteiger charge is 2.60. The van der Waals surface area contributed by atoms with E-state index in [1.807, 2.05) is 49.3 Å². The summed E-state index contributed by atoms with van der Waals surface area (Å²) in [5.74, 6) is 0.609. The Kier molecular flexibility index (Phi) is 4.62. The highest BCUT2D eigenvalue weighted by atomic mass is 16.5. The predicted molar refractivity (Wildman–Crippen MR) is 103 cm³/mol. The molecule has 1 aromatic heterocycles. The first-order valence-electron chi connectivity index (χ1n) is 9.74. The zero-order valence-corrected chi connectivity index (χ0v) is 16.8. The van der Waals surface area contributed by atoms with E-state index >= 15 is 0 Å². The second kappa shape index (κ2) is 6.85. The molecule has 1 heterocycles. The Bertz CT molecular complexity index is 905. The van der Waals surface area contributed by atoms with Gasteiger partial charge in [-0.1, -0.05) is 37.3 Å². The molecule has 28 heavy (non-hydrogen) atoms. The molecule has 0 bridgehead atoms. The van der Waals surface area contributed by atoms with Gasteiger partial charge in [0, 0.05) is 12.3 Å². The zero-order chi connectivity index (χ0) is 20.1. The molecule has 2 aromatic rings. The SMILES string of the molecule is CC1CC(=O)C2(C)C(=O)c3c(OCc4ccccc4)noc3C(N(C)C)C2C1. The lowest BCUT2D eigenvalue weighted by atomic mass is 9.55. The van der Waals surface area contributed by atoms with Gasteiger partial charge < -0.3 is 9.26 Å². The summed E-state index contributed by atoms with van der Waals surface area (Å²) in [6.45, 7) is 4.14. The van der Waals surface area contributed by atoms with Crippen LogP contribution < -0.4 is 4.74 Å². The molecule has 1 saturated carbocycles. The van der Waals surface area contributed by atoms with Gasteiger partial charge in [-0.05, 0) is 44.1 Å². The number of benzene rings is 1. The Morgan fingerprint density at radius 2 is 1.96 bits per heavy atom. The molecule has 6 heteroatoms. The van der Waals surface area contributed by atoms with Crippen LogP contribution in [0.25, 0.3) is 0 Å². The Hall–Kier alpha value is -2.47. The summed E-state index contributed by atoms with van der Waals surface area (Å²) in [7, 11) is 3.89. The molecule has 0 aliphatic heterocycles. The van der Waals surface area contributed by atoms with E-state index in [4.69, 9.17) is 9.26 Å². The van der Waals surface area contributed by atoms with Gasteiger partial charge >= 0.3 is 0 Å². The van der Waals surface area contributed by atoms with Crippen LogP contribution in [0.15, 0.2) is 34.9 Å². The zero-order valence-electron chi connectivity index (χ0n) is 16.8. The fraction of sp³-hybridized carbons (Fsp3) is 0.500. The van der Waals surface area contributed by atoms with Gasteiger partial charge in [0.05, 0.1) is 11.5 Å². The number of carbonyl (C=O) groups is 2. The van der Waals surface area contributed by atoms with E-state index in [0.29, 0.717) is 17.7 Å². The summed E-state index contributed by atoms with van der Waals surface area (Å²) in [5.41, 5.74) is 0.236. The molecule has 4 atom stereocenters. The van der Waals surface area contributed by atoms with Gasteiger partial charge in [-0.15, -0.1) is 0 Å². The minimum Gasteiger partial charge on any atom is -0.470 e. The molecule has 0 amide bonds. The van der Waals surface area contributed by atoms with Crippen molar-refractivity contribution in [3.8, 4) is 5.88 Å². The van der Waals surface area contributed by atoms with Gasteiger partial charge in [0.15, 0.2) is 11.5 Å². The summed E-state index contributed by atoms with van der Waals surface area (Å²) >= 11 is 0. The smallest absolute Gasteiger partial charge is 0.265 e. The van der Waals surface area contributed by atoms with Gasteiger partial charge in [0.2, 0.25) is 0 Å². The topological polar surface area (TPSA) is 72.6 Å². The maximum absolute atomic E-state index is 13.5. The molecule has 1 fully saturated rings. The van der Waals surface area contributed by atoms with Crippen molar-refractivity contribution < 1.29 is 18.8 Å². The van der Waals surface area contributed by atoms with Crippen molar-refractivity contribution in [3.63, 3.8) is 0 Å². The van der Waals surface area contributed by atoms with Crippen molar-refractivity contribution in [2.75, 3.05) is 14.1 Å². The quantitative estimate of drug-likeness (QED) is 0.751. The Morgan fingerprint density at radius 1 is 1.25 bits per heavy atom. The number of Topliss-reactive ketones (excluding diaryl/α,β-unsaturated/α-hetero) is 2. The predicted octanol–water partition coefficient (Wildman–Crippen LogP) is 3.67. The summed E-state index contributed by atoms with van der Waals surface area (Å²) in [6.07, 6.45) is 1.23. The molecule has 6 nitrogen and oxygen atoms in total. The van der Waals surface area contributed by atoms with Crippen molar-refractivity contribution in [1.82, 2.24) is 10.1 Å². The summed E-state index contributed by atoms with van der Waals surface area (Å²) in [6, 6.07) is 9.49. The van der Waals surface area contributed by atoms with Gasteiger partial charge in [-0.25, -0.2) is 0 Å². The van der Waals surface area contributed by atoms with Gasteiger partial charge in [-0.2, -0.15) is 0 Å². The highest BCUT2D eigenvalue weighted by molar-refractivity contribution is 6.17. The lowest BCUT2D eigenvalue weighted by molar-refractivity contribution is -0.135. The molecule has 2 aliphatic rings. The lowest BCUT2D eigenvalue weighted by Gasteiger charge is -2.48. The van der Waals surface area contributed by atoms with E-state index in [9.17, 15) is 9.59 Å². The lowest BCUT2D eigenvalue weighted by Crippen LogP contribution is -2.54. The van der Waals surface area contributed by atoms with Crippen LogP contribution in [-0.2, 0) is 11.4 Å². The van der Waals surface area contributed by atoms with Crippen molar-refractivity contribution in [3.05, 3.63) is 47.2 Å². The average Bonchev–Trinajstić information content (AvgIpc) is 3.07. The maximum Gasteiger partial charge on any atom is 0.265 e. The molecular formula is C22H26N2O4. The second-order valence-corrected chi connectivity index (χ2v) is 8.52. The van der Waals surface area contributed by atoms with Crippen molar-refractivity contribution in [2.45, 2.75) is 39.3 Å². The van der Waals surface area contributed by atoms with Crippen molar-refractivity contribution >= 4 is 11.6 Å². The number of hydrogen-bond donors (Lipinski definition) is 0. The molecule has 0 N–H and O–H groups in total. The molecule has 1 aromatic carbocycles. The largest absolute Gasteiger partial charge is 0.470 e. The first-order valence-corrected chi connectivity index (χ1v) is 9.74. The van der Waals surface area contributed by atoms with Gasteiger partial charge in [-0.3, -0.25) is 14.5 Å². The molecule has 0 spiro atoms. The first-order chi connectivity index (χ1) is 13.3. The third-order valence-corrected chi connectivity index (χ3v) is 6.32. The van der Waals surface area contributed by atoms with Crippen LogP contribution in [0.5, 0.6) is 5.88 Å². The number of rotatable bonds is 4. The van der Waals surface area contributed by atoms with Crippen LogP contribution in [0.3, 0.4) is 0 Å². The van der Waals surface area contributed by atoms with E-state index in [1.54, 1.807) is 6.92 Å². The number of ketones is 2. The van der Waals surface area contributed by atoms with Crippen LogP contribution in [0.1, 0.15) is 54.4 Å². The number of aromatic nitrogens is 1. The Labute approximate surface area is 164 Å². The number of ether oxygens (including phenoxy) is 1. The van der Waals surface area contributed by atoms with Crippen molar-refractivity contribution in [2.24, 2.45) is 17.3 Å². The number of nitrogens with zero attached hydrogens (tertiary/aromatic N) is 2. The number of hydrogen-bond acceptors (Lipinski definition) is 6. The standard InChI is InChI=1S/C22H26N2O4/c1-13-10-15-18(24(3)4)19-17(20(26)22(15,2)16(25)11-13)21(23-28-19)27-12-14-8-6-5-7-9-14/h5-9,13,15,18H,10-12H2,1-4H3. The van der Waals surface area contributed by atoms with Crippen LogP contribution in [0.2, 0.25) is 0 Å². The first kappa shape index (κ1) is 18.9.